The van der Waals surface area contributed by atoms with Crippen molar-refractivity contribution < 1.29 is 4.74 Å². The molecule has 2 unspecified atom stereocenters. The van der Waals surface area contributed by atoms with Crippen molar-refractivity contribution in [3.63, 3.8) is 0 Å². The monoisotopic (exact) mass is 245 g/mol. The predicted octanol–water partition coefficient (Wildman–Crippen LogP) is 2.47. The van der Waals surface area contributed by atoms with Gasteiger partial charge in [-0.2, -0.15) is 0 Å². The number of nitrogens with two attached hydrogens (primary N) is 1. The van der Waals surface area contributed by atoms with Gasteiger partial charge in [0, 0.05) is 18.6 Å². The summed E-state index contributed by atoms with van der Waals surface area (Å²) >= 11 is 0. The fourth-order valence-corrected chi connectivity index (χ4v) is 3.53. The Kier molecular flexibility index (Phi) is 3.16. The first kappa shape index (κ1) is 12.2. The number of benzene rings is 1. The Morgan fingerprint density at radius 3 is 2.89 bits per heavy atom. The summed E-state index contributed by atoms with van der Waals surface area (Å²) in [7, 11) is 0. The SMILES string of the molecule is CC1OCCC1(CN)Cc1ccc2c(c1)CCC2. The predicted molar refractivity (Wildman–Crippen MR) is 73.7 cm³/mol. The summed E-state index contributed by atoms with van der Waals surface area (Å²) in [6.07, 6.45) is 6.29. The Hall–Kier alpha value is -0.860. The molecule has 2 nitrogen and oxygen atoms in total. The molecule has 1 heterocycles. The Morgan fingerprint density at radius 1 is 1.33 bits per heavy atom. The van der Waals surface area contributed by atoms with Gasteiger partial charge in [-0.25, -0.2) is 0 Å². The summed E-state index contributed by atoms with van der Waals surface area (Å²) in [4.78, 5) is 0. The third-order valence-corrected chi connectivity index (χ3v) is 4.96. The maximum atomic E-state index is 6.04. The van der Waals surface area contributed by atoms with E-state index in [1.165, 1.54) is 24.8 Å². The van der Waals surface area contributed by atoms with E-state index in [9.17, 15) is 0 Å². The highest BCUT2D eigenvalue weighted by Gasteiger charge is 2.40. The Labute approximate surface area is 110 Å². The molecule has 2 heteroatoms. The molecule has 0 saturated carbocycles. The van der Waals surface area contributed by atoms with E-state index in [1.807, 2.05) is 0 Å². The molecular formula is C16H23NO. The number of hydrogen-bond acceptors (Lipinski definition) is 2. The van der Waals surface area contributed by atoms with Gasteiger partial charge in [-0.3, -0.25) is 0 Å². The third kappa shape index (κ3) is 1.98. The molecule has 1 saturated heterocycles. The highest BCUT2D eigenvalue weighted by Crippen LogP contribution is 2.38. The van der Waals surface area contributed by atoms with Gasteiger partial charge >= 0.3 is 0 Å². The van der Waals surface area contributed by atoms with Gasteiger partial charge in [-0.15, -0.1) is 0 Å². The number of rotatable bonds is 3. The van der Waals surface area contributed by atoms with E-state index >= 15 is 0 Å². The first-order valence-corrected chi connectivity index (χ1v) is 7.16. The summed E-state index contributed by atoms with van der Waals surface area (Å²) in [5.41, 5.74) is 10.8. The number of ether oxygens (including phenoxy) is 1. The van der Waals surface area contributed by atoms with E-state index < -0.39 is 0 Å². The van der Waals surface area contributed by atoms with Crippen LogP contribution in [-0.2, 0) is 24.0 Å². The zero-order valence-corrected chi connectivity index (χ0v) is 11.2. The number of fused-ring (bicyclic) bond motifs is 1. The van der Waals surface area contributed by atoms with Crippen LogP contribution in [0.2, 0.25) is 0 Å². The van der Waals surface area contributed by atoms with Gasteiger partial charge < -0.3 is 10.5 Å². The molecule has 2 atom stereocenters. The van der Waals surface area contributed by atoms with Crippen molar-refractivity contribution in [1.82, 2.24) is 0 Å². The molecular weight excluding hydrogens is 222 g/mol. The quantitative estimate of drug-likeness (QED) is 0.888. The standard InChI is InChI=1S/C16H23NO/c1-12-16(11-17,7-8-18-12)10-13-5-6-14-3-2-4-15(14)9-13/h5-6,9,12H,2-4,7-8,10-11,17H2,1H3. The van der Waals surface area contributed by atoms with E-state index in [1.54, 1.807) is 11.1 Å². The summed E-state index contributed by atoms with van der Waals surface area (Å²) in [6, 6.07) is 7.03. The average molecular weight is 245 g/mol. The molecule has 1 fully saturated rings. The third-order valence-electron chi connectivity index (χ3n) is 4.96. The van der Waals surface area contributed by atoms with E-state index in [2.05, 4.69) is 25.1 Å². The Bertz CT molecular complexity index is 443. The van der Waals surface area contributed by atoms with Gasteiger partial charge in [0.1, 0.15) is 0 Å². The molecule has 2 aliphatic rings. The molecule has 2 N–H and O–H groups in total. The normalized spacial score (nSPS) is 30.7. The lowest BCUT2D eigenvalue weighted by Gasteiger charge is -2.31. The molecule has 0 spiro atoms. The lowest BCUT2D eigenvalue weighted by molar-refractivity contribution is 0.0673. The fraction of sp³-hybridized carbons (Fsp3) is 0.625. The van der Waals surface area contributed by atoms with Crippen LogP contribution in [0, 0.1) is 5.41 Å². The molecule has 0 radical (unpaired) electrons. The Morgan fingerprint density at radius 2 is 2.17 bits per heavy atom. The lowest BCUT2D eigenvalue weighted by atomic mass is 9.76. The molecule has 1 aromatic rings. The average Bonchev–Trinajstić information content (AvgIpc) is 2.97. The Balaban J connectivity index is 1.83. The minimum absolute atomic E-state index is 0.160. The van der Waals surface area contributed by atoms with Gasteiger partial charge in [0.25, 0.3) is 0 Å². The van der Waals surface area contributed by atoms with Crippen molar-refractivity contribution in [2.45, 2.75) is 45.1 Å². The lowest BCUT2D eigenvalue weighted by Crippen LogP contribution is -2.38. The minimum Gasteiger partial charge on any atom is -0.378 e. The number of aryl methyl sites for hydroxylation is 2. The maximum absolute atomic E-state index is 6.04. The topological polar surface area (TPSA) is 35.2 Å². The summed E-state index contributed by atoms with van der Waals surface area (Å²) < 4.78 is 5.74. The van der Waals surface area contributed by atoms with Crippen molar-refractivity contribution in [2.24, 2.45) is 11.1 Å². The van der Waals surface area contributed by atoms with Crippen LogP contribution in [0.15, 0.2) is 18.2 Å². The van der Waals surface area contributed by atoms with Gasteiger partial charge in [-0.05, 0) is 55.7 Å². The smallest absolute Gasteiger partial charge is 0.0619 e. The molecule has 3 rings (SSSR count). The molecule has 1 aromatic carbocycles. The summed E-state index contributed by atoms with van der Waals surface area (Å²) in [5, 5.41) is 0. The van der Waals surface area contributed by atoms with Gasteiger partial charge in [0.2, 0.25) is 0 Å². The number of hydrogen-bond donors (Lipinski definition) is 1. The summed E-state index contributed by atoms with van der Waals surface area (Å²) in [5.74, 6) is 0. The molecule has 0 amide bonds. The van der Waals surface area contributed by atoms with Crippen LogP contribution in [0.4, 0.5) is 0 Å². The molecule has 0 aromatic heterocycles. The van der Waals surface area contributed by atoms with Crippen LogP contribution in [0.3, 0.4) is 0 Å². The second-order valence-electron chi connectivity index (χ2n) is 5.96. The highest BCUT2D eigenvalue weighted by molar-refractivity contribution is 5.35. The van der Waals surface area contributed by atoms with Gasteiger partial charge in [0.05, 0.1) is 6.10 Å². The van der Waals surface area contributed by atoms with Crippen LogP contribution < -0.4 is 5.73 Å². The zero-order chi connectivity index (χ0) is 12.6. The van der Waals surface area contributed by atoms with E-state index in [0.717, 1.165) is 26.0 Å². The van der Waals surface area contributed by atoms with Crippen molar-refractivity contribution in [3.05, 3.63) is 34.9 Å². The minimum atomic E-state index is 0.160. The summed E-state index contributed by atoms with van der Waals surface area (Å²) in [6.45, 7) is 3.77. The van der Waals surface area contributed by atoms with Crippen molar-refractivity contribution >= 4 is 0 Å². The molecule has 1 aliphatic carbocycles. The molecule has 98 valence electrons. The highest BCUT2D eigenvalue weighted by atomic mass is 16.5. The second-order valence-corrected chi connectivity index (χ2v) is 5.96. The first-order valence-electron chi connectivity index (χ1n) is 7.16. The van der Waals surface area contributed by atoms with Gasteiger partial charge in [-0.1, -0.05) is 18.2 Å². The van der Waals surface area contributed by atoms with Crippen LogP contribution in [0.5, 0.6) is 0 Å². The second kappa shape index (κ2) is 4.67. The molecule has 1 aliphatic heterocycles. The van der Waals surface area contributed by atoms with Crippen LogP contribution in [0.1, 0.15) is 36.5 Å². The molecule has 18 heavy (non-hydrogen) atoms. The van der Waals surface area contributed by atoms with Gasteiger partial charge in [0.15, 0.2) is 0 Å². The van der Waals surface area contributed by atoms with Crippen LogP contribution in [-0.4, -0.2) is 19.3 Å². The largest absolute Gasteiger partial charge is 0.378 e. The zero-order valence-electron chi connectivity index (χ0n) is 11.2. The van der Waals surface area contributed by atoms with Crippen molar-refractivity contribution in [3.8, 4) is 0 Å². The van der Waals surface area contributed by atoms with E-state index in [0.29, 0.717) is 0 Å². The maximum Gasteiger partial charge on any atom is 0.0619 e. The van der Waals surface area contributed by atoms with E-state index in [4.69, 9.17) is 10.5 Å². The van der Waals surface area contributed by atoms with E-state index in [-0.39, 0.29) is 11.5 Å². The van der Waals surface area contributed by atoms with Crippen molar-refractivity contribution in [1.29, 1.82) is 0 Å². The van der Waals surface area contributed by atoms with Crippen LogP contribution in [0.25, 0.3) is 0 Å². The first-order chi connectivity index (χ1) is 8.73. The fourth-order valence-electron chi connectivity index (χ4n) is 3.53. The molecule has 0 bridgehead atoms. The van der Waals surface area contributed by atoms with Crippen molar-refractivity contribution in [2.75, 3.05) is 13.2 Å². The van der Waals surface area contributed by atoms with Crippen LogP contribution >= 0.6 is 0 Å².